The Labute approximate surface area is 96.1 Å². The predicted octanol–water partition coefficient (Wildman–Crippen LogP) is 1.07. The molecule has 0 bridgehead atoms. The van der Waals surface area contributed by atoms with Crippen LogP contribution < -0.4 is 4.90 Å². The van der Waals surface area contributed by atoms with Crippen molar-refractivity contribution in [2.24, 2.45) is 0 Å². The molecule has 1 fully saturated rings. The van der Waals surface area contributed by atoms with Gasteiger partial charge in [0.05, 0.1) is 6.61 Å². The minimum Gasteiger partial charge on any atom is -0.392 e. The number of amides is 1. The summed E-state index contributed by atoms with van der Waals surface area (Å²) >= 11 is 3.41. The molecule has 1 amide bonds. The van der Waals surface area contributed by atoms with Crippen LogP contribution in [0, 0.1) is 0 Å². The SMILES string of the molecule is O=C1CC(Br)CN1c1cc(CO)ccn1. The summed E-state index contributed by atoms with van der Waals surface area (Å²) in [6.07, 6.45) is 2.11. The van der Waals surface area contributed by atoms with Crippen LogP contribution >= 0.6 is 15.9 Å². The van der Waals surface area contributed by atoms with E-state index in [9.17, 15) is 4.79 Å². The first-order valence-corrected chi connectivity index (χ1v) is 5.62. The molecule has 0 radical (unpaired) electrons. The Morgan fingerprint density at radius 1 is 1.67 bits per heavy atom. The molecule has 4 nitrogen and oxygen atoms in total. The summed E-state index contributed by atoms with van der Waals surface area (Å²) in [5.41, 5.74) is 0.769. The molecule has 2 rings (SSSR count). The fraction of sp³-hybridized carbons (Fsp3) is 0.400. The van der Waals surface area contributed by atoms with Gasteiger partial charge in [-0.2, -0.15) is 0 Å². The fourth-order valence-electron chi connectivity index (χ4n) is 1.59. The van der Waals surface area contributed by atoms with Crippen molar-refractivity contribution >= 4 is 27.7 Å². The summed E-state index contributed by atoms with van der Waals surface area (Å²) in [5, 5.41) is 8.98. The van der Waals surface area contributed by atoms with Crippen molar-refractivity contribution in [2.75, 3.05) is 11.4 Å². The highest BCUT2D eigenvalue weighted by atomic mass is 79.9. The second-order valence-corrected chi connectivity index (χ2v) is 4.78. The summed E-state index contributed by atoms with van der Waals surface area (Å²) < 4.78 is 0. The van der Waals surface area contributed by atoms with Crippen LogP contribution in [0.5, 0.6) is 0 Å². The van der Waals surface area contributed by atoms with E-state index in [0.717, 1.165) is 5.56 Å². The maximum absolute atomic E-state index is 11.6. The maximum atomic E-state index is 11.6. The predicted molar refractivity (Wildman–Crippen MR) is 59.8 cm³/mol. The van der Waals surface area contributed by atoms with Gasteiger partial charge < -0.3 is 5.11 Å². The lowest BCUT2D eigenvalue weighted by Gasteiger charge is -2.14. The van der Waals surface area contributed by atoms with Crippen molar-refractivity contribution in [2.45, 2.75) is 17.9 Å². The van der Waals surface area contributed by atoms with E-state index < -0.39 is 0 Å². The number of carbonyl (C=O) groups excluding carboxylic acids is 1. The fourth-order valence-corrected chi connectivity index (χ4v) is 2.16. The maximum Gasteiger partial charge on any atom is 0.229 e. The van der Waals surface area contributed by atoms with Crippen LogP contribution in [0.4, 0.5) is 5.82 Å². The number of hydrogen-bond acceptors (Lipinski definition) is 3. The third-order valence-corrected chi connectivity index (χ3v) is 2.96. The Balaban J connectivity index is 2.25. The number of rotatable bonds is 2. The summed E-state index contributed by atoms with van der Waals surface area (Å²) in [5.74, 6) is 0.688. The Kier molecular flexibility index (Phi) is 3.02. The van der Waals surface area contributed by atoms with Crippen molar-refractivity contribution in [1.82, 2.24) is 4.98 Å². The van der Waals surface area contributed by atoms with Crippen molar-refractivity contribution in [1.29, 1.82) is 0 Å². The first kappa shape index (κ1) is 10.6. The third-order valence-electron chi connectivity index (χ3n) is 2.35. The number of nitrogens with zero attached hydrogens (tertiary/aromatic N) is 2. The molecule has 1 unspecified atom stereocenters. The van der Waals surface area contributed by atoms with Gasteiger partial charge in [0.15, 0.2) is 0 Å². The summed E-state index contributed by atoms with van der Waals surface area (Å²) in [7, 11) is 0. The normalized spacial score (nSPS) is 21.1. The van der Waals surface area contributed by atoms with Gasteiger partial charge in [-0.15, -0.1) is 0 Å². The zero-order valence-corrected chi connectivity index (χ0v) is 9.64. The van der Waals surface area contributed by atoms with Crippen molar-refractivity contribution in [3.05, 3.63) is 23.9 Å². The van der Waals surface area contributed by atoms with Crippen molar-refractivity contribution in [3.63, 3.8) is 0 Å². The van der Waals surface area contributed by atoms with Crippen LogP contribution in [0.2, 0.25) is 0 Å². The first-order chi connectivity index (χ1) is 7.20. The topological polar surface area (TPSA) is 53.4 Å². The molecule has 1 aromatic heterocycles. The standard InChI is InChI=1S/C10H11BrN2O2/c11-8-4-10(15)13(5-8)9-3-7(6-14)1-2-12-9/h1-3,8,14H,4-6H2. The van der Waals surface area contributed by atoms with Gasteiger partial charge in [-0.05, 0) is 17.7 Å². The second kappa shape index (κ2) is 4.28. The number of alkyl halides is 1. The summed E-state index contributed by atoms with van der Waals surface area (Å²) in [4.78, 5) is 17.5. The summed E-state index contributed by atoms with van der Waals surface area (Å²) in [6, 6.07) is 3.47. The van der Waals surface area contributed by atoms with Gasteiger partial charge in [0, 0.05) is 24.0 Å². The zero-order valence-electron chi connectivity index (χ0n) is 8.06. The molecule has 0 spiro atoms. The zero-order chi connectivity index (χ0) is 10.8. The first-order valence-electron chi connectivity index (χ1n) is 4.71. The van der Waals surface area contributed by atoms with E-state index in [0.29, 0.717) is 18.8 Å². The van der Waals surface area contributed by atoms with Gasteiger partial charge >= 0.3 is 0 Å². The number of hydrogen-bond donors (Lipinski definition) is 1. The minimum atomic E-state index is -0.0324. The Morgan fingerprint density at radius 2 is 2.47 bits per heavy atom. The van der Waals surface area contributed by atoms with Crippen molar-refractivity contribution in [3.8, 4) is 0 Å². The molecule has 5 heteroatoms. The smallest absolute Gasteiger partial charge is 0.229 e. The Morgan fingerprint density at radius 3 is 3.07 bits per heavy atom. The lowest BCUT2D eigenvalue weighted by atomic mass is 10.3. The molecule has 1 aliphatic heterocycles. The van der Waals surface area contributed by atoms with E-state index in [1.807, 2.05) is 0 Å². The number of anilines is 1. The second-order valence-electron chi connectivity index (χ2n) is 3.49. The Bertz CT molecular complexity index is 383. The van der Waals surface area contributed by atoms with Gasteiger partial charge in [-0.3, -0.25) is 9.69 Å². The van der Waals surface area contributed by atoms with E-state index in [4.69, 9.17) is 5.11 Å². The molecule has 1 saturated heterocycles. The minimum absolute atomic E-state index is 0.0324. The average Bonchev–Trinajstić information content (AvgIpc) is 2.58. The van der Waals surface area contributed by atoms with E-state index in [2.05, 4.69) is 20.9 Å². The van der Waals surface area contributed by atoms with Gasteiger partial charge in [0.25, 0.3) is 0 Å². The van der Waals surface area contributed by atoms with Crippen LogP contribution in [0.1, 0.15) is 12.0 Å². The van der Waals surface area contributed by atoms with E-state index >= 15 is 0 Å². The molecule has 1 atom stereocenters. The molecule has 0 saturated carbocycles. The van der Waals surface area contributed by atoms with E-state index in [1.54, 1.807) is 23.2 Å². The van der Waals surface area contributed by atoms with Crippen LogP contribution in [0.3, 0.4) is 0 Å². The van der Waals surface area contributed by atoms with E-state index in [1.165, 1.54) is 0 Å². The molecule has 15 heavy (non-hydrogen) atoms. The molecule has 1 aliphatic rings. The molecule has 80 valence electrons. The van der Waals surface area contributed by atoms with Gasteiger partial charge in [-0.25, -0.2) is 4.98 Å². The number of pyridine rings is 1. The number of halogens is 1. The molecular formula is C10H11BrN2O2. The monoisotopic (exact) mass is 270 g/mol. The largest absolute Gasteiger partial charge is 0.392 e. The number of aliphatic hydroxyl groups is 1. The Hall–Kier alpha value is -0.940. The number of aliphatic hydroxyl groups excluding tert-OH is 1. The lowest BCUT2D eigenvalue weighted by Crippen LogP contribution is -2.25. The molecule has 1 aromatic rings. The lowest BCUT2D eigenvalue weighted by molar-refractivity contribution is -0.117. The molecule has 0 aromatic carbocycles. The van der Waals surface area contributed by atoms with E-state index in [-0.39, 0.29) is 17.3 Å². The molecule has 2 heterocycles. The molecule has 0 aliphatic carbocycles. The highest BCUT2D eigenvalue weighted by Gasteiger charge is 2.29. The van der Waals surface area contributed by atoms with Crippen LogP contribution in [-0.2, 0) is 11.4 Å². The number of aromatic nitrogens is 1. The quantitative estimate of drug-likeness (QED) is 0.819. The van der Waals surface area contributed by atoms with Crippen LogP contribution in [0.25, 0.3) is 0 Å². The highest BCUT2D eigenvalue weighted by molar-refractivity contribution is 9.09. The molecule has 1 N–H and O–H groups in total. The third kappa shape index (κ3) is 2.18. The van der Waals surface area contributed by atoms with Gasteiger partial charge in [0.1, 0.15) is 5.82 Å². The number of carbonyl (C=O) groups is 1. The highest BCUT2D eigenvalue weighted by Crippen LogP contribution is 2.23. The van der Waals surface area contributed by atoms with Crippen molar-refractivity contribution < 1.29 is 9.90 Å². The molecular weight excluding hydrogens is 260 g/mol. The summed E-state index contributed by atoms with van der Waals surface area (Å²) in [6.45, 7) is 0.607. The van der Waals surface area contributed by atoms with Crippen LogP contribution in [-0.4, -0.2) is 27.4 Å². The van der Waals surface area contributed by atoms with Gasteiger partial charge in [-0.1, -0.05) is 15.9 Å². The van der Waals surface area contributed by atoms with Gasteiger partial charge in [0.2, 0.25) is 5.91 Å². The average molecular weight is 271 g/mol. The van der Waals surface area contributed by atoms with Crippen LogP contribution in [0.15, 0.2) is 18.3 Å².